The van der Waals surface area contributed by atoms with Crippen molar-refractivity contribution in [2.24, 2.45) is 0 Å². The fourth-order valence-electron chi connectivity index (χ4n) is 3.17. The average Bonchev–Trinajstić information content (AvgIpc) is 2.96. The summed E-state index contributed by atoms with van der Waals surface area (Å²) in [4.78, 5) is 5.69. The highest BCUT2D eigenvalue weighted by atomic mass is 19.1. The van der Waals surface area contributed by atoms with E-state index in [1.807, 2.05) is 18.2 Å². The predicted octanol–water partition coefficient (Wildman–Crippen LogP) is 4.74. The molecule has 0 bridgehead atoms. The number of nitrogens with zero attached hydrogens (tertiary/aromatic N) is 1. The van der Waals surface area contributed by atoms with E-state index >= 15 is 0 Å². The third-order valence-electron chi connectivity index (χ3n) is 4.26. The lowest BCUT2D eigenvalue weighted by Crippen LogP contribution is -2.29. The van der Waals surface area contributed by atoms with Crippen LogP contribution in [0.25, 0.3) is 10.9 Å². The Morgan fingerprint density at radius 1 is 1.05 bits per heavy atom. The van der Waals surface area contributed by atoms with Gasteiger partial charge >= 0.3 is 0 Å². The molecule has 0 aliphatic heterocycles. The van der Waals surface area contributed by atoms with Crippen LogP contribution in [-0.2, 0) is 0 Å². The van der Waals surface area contributed by atoms with E-state index in [9.17, 15) is 4.39 Å². The second kappa shape index (κ2) is 6.32. The lowest BCUT2D eigenvalue weighted by Gasteiger charge is -2.30. The van der Waals surface area contributed by atoms with Gasteiger partial charge in [0.2, 0.25) is 0 Å². The number of nitrogens with one attached hydrogen (secondary N) is 1. The van der Waals surface area contributed by atoms with E-state index < -0.39 is 0 Å². The van der Waals surface area contributed by atoms with Crippen LogP contribution in [0.15, 0.2) is 54.7 Å². The topological polar surface area (TPSA) is 19.0 Å². The molecule has 0 aliphatic carbocycles. The first-order valence-electron chi connectivity index (χ1n) is 7.80. The quantitative estimate of drug-likeness (QED) is 0.720. The summed E-state index contributed by atoms with van der Waals surface area (Å²) < 4.78 is 13.7. The van der Waals surface area contributed by atoms with Gasteiger partial charge in [-0.1, -0.05) is 44.2 Å². The maximum absolute atomic E-state index is 13.7. The van der Waals surface area contributed by atoms with Crippen molar-refractivity contribution >= 4 is 10.9 Å². The number of para-hydroxylation sites is 1. The number of halogens is 1. The lowest BCUT2D eigenvalue weighted by molar-refractivity contribution is 0.251. The fourth-order valence-corrected chi connectivity index (χ4v) is 3.17. The molecule has 0 spiro atoms. The zero-order valence-electron chi connectivity index (χ0n) is 13.0. The van der Waals surface area contributed by atoms with E-state index in [4.69, 9.17) is 0 Å². The number of benzene rings is 2. The van der Waals surface area contributed by atoms with E-state index in [0.29, 0.717) is 0 Å². The van der Waals surface area contributed by atoms with Gasteiger partial charge in [0.15, 0.2) is 0 Å². The van der Waals surface area contributed by atoms with Crippen molar-refractivity contribution in [2.45, 2.75) is 19.9 Å². The first-order valence-corrected chi connectivity index (χ1v) is 7.80. The zero-order valence-corrected chi connectivity index (χ0v) is 13.0. The summed E-state index contributed by atoms with van der Waals surface area (Å²) in [6.07, 6.45) is 2.05. The molecule has 1 atom stereocenters. The maximum atomic E-state index is 13.7. The standard InChI is InChI=1S/C19H21FN2/c1-3-22(4-2)19(14-8-7-9-15(20)12-14)17-13-21-18-11-6-5-10-16(17)18/h5-13,19,21H,3-4H2,1-2H3. The molecular formula is C19H21FN2. The van der Waals surface area contributed by atoms with E-state index in [1.54, 1.807) is 12.1 Å². The molecule has 2 aromatic carbocycles. The van der Waals surface area contributed by atoms with Crippen LogP contribution in [0.5, 0.6) is 0 Å². The smallest absolute Gasteiger partial charge is 0.123 e. The van der Waals surface area contributed by atoms with Gasteiger partial charge in [-0.25, -0.2) is 4.39 Å². The molecule has 0 aliphatic rings. The fraction of sp³-hybridized carbons (Fsp3) is 0.263. The van der Waals surface area contributed by atoms with Crippen LogP contribution in [0, 0.1) is 5.82 Å². The van der Waals surface area contributed by atoms with Crippen LogP contribution < -0.4 is 0 Å². The summed E-state index contributed by atoms with van der Waals surface area (Å²) in [5, 5.41) is 1.20. The number of rotatable bonds is 5. The molecule has 2 nitrogen and oxygen atoms in total. The molecule has 114 valence electrons. The van der Waals surface area contributed by atoms with Crippen molar-refractivity contribution in [1.82, 2.24) is 9.88 Å². The molecule has 0 saturated heterocycles. The molecule has 3 rings (SSSR count). The van der Waals surface area contributed by atoms with Gasteiger partial charge in [0, 0.05) is 17.1 Å². The van der Waals surface area contributed by atoms with Crippen molar-refractivity contribution in [1.29, 1.82) is 0 Å². The van der Waals surface area contributed by atoms with Crippen LogP contribution in [0.1, 0.15) is 31.0 Å². The Hall–Kier alpha value is -2.13. The van der Waals surface area contributed by atoms with E-state index in [1.165, 1.54) is 17.0 Å². The second-order valence-corrected chi connectivity index (χ2v) is 5.47. The number of H-pyrrole nitrogens is 1. The summed E-state index contributed by atoms with van der Waals surface area (Å²) >= 11 is 0. The summed E-state index contributed by atoms with van der Waals surface area (Å²) in [7, 11) is 0. The molecule has 22 heavy (non-hydrogen) atoms. The van der Waals surface area contributed by atoms with Crippen LogP contribution in [0.2, 0.25) is 0 Å². The highest BCUT2D eigenvalue weighted by molar-refractivity contribution is 5.84. The Morgan fingerprint density at radius 3 is 2.55 bits per heavy atom. The van der Waals surface area contributed by atoms with Gasteiger partial charge in [-0.3, -0.25) is 4.90 Å². The number of hydrogen-bond acceptors (Lipinski definition) is 1. The number of fused-ring (bicyclic) bond motifs is 1. The Morgan fingerprint density at radius 2 is 1.82 bits per heavy atom. The first-order chi connectivity index (χ1) is 10.7. The average molecular weight is 296 g/mol. The second-order valence-electron chi connectivity index (χ2n) is 5.47. The normalized spacial score (nSPS) is 12.9. The van der Waals surface area contributed by atoms with Crippen molar-refractivity contribution < 1.29 is 4.39 Å². The molecule has 1 unspecified atom stereocenters. The van der Waals surface area contributed by atoms with Crippen LogP contribution in [0.3, 0.4) is 0 Å². The van der Waals surface area contributed by atoms with Gasteiger partial charge in [-0.05, 0) is 42.4 Å². The Bertz CT molecular complexity index is 759. The zero-order chi connectivity index (χ0) is 15.5. The van der Waals surface area contributed by atoms with Crippen molar-refractivity contribution in [3.63, 3.8) is 0 Å². The van der Waals surface area contributed by atoms with Crippen LogP contribution in [-0.4, -0.2) is 23.0 Å². The van der Waals surface area contributed by atoms with Crippen molar-refractivity contribution in [3.8, 4) is 0 Å². The molecule has 1 N–H and O–H groups in total. The molecule has 3 heteroatoms. The number of aromatic nitrogens is 1. The highest BCUT2D eigenvalue weighted by Gasteiger charge is 2.23. The third-order valence-corrected chi connectivity index (χ3v) is 4.26. The van der Waals surface area contributed by atoms with Crippen LogP contribution in [0.4, 0.5) is 4.39 Å². The Labute approximate surface area is 130 Å². The first kappa shape index (κ1) is 14.8. The molecular weight excluding hydrogens is 275 g/mol. The van der Waals surface area contributed by atoms with Gasteiger partial charge in [-0.15, -0.1) is 0 Å². The SMILES string of the molecule is CCN(CC)C(c1cccc(F)c1)c1c[nH]c2ccccc12. The monoisotopic (exact) mass is 296 g/mol. The van der Waals surface area contributed by atoms with Crippen molar-refractivity contribution in [3.05, 3.63) is 71.7 Å². The summed E-state index contributed by atoms with van der Waals surface area (Å²) in [6, 6.07) is 15.3. The minimum absolute atomic E-state index is 0.0573. The Kier molecular flexibility index (Phi) is 4.25. The molecule has 1 aromatic heterocycles. The van der Waals surface area contributed by atoms with Gasteiger partial charge < -0.3 is 4.98 Å². The molecule has 3 aromatic rings. The lowest BCUT2D eigenvalue weighted by atomic mass is 9.96. The van der Waals surface area contributed by atoms with Gasteiger partial charge in [0.1, 0.15) is 5.82 Å². The van der Waals surface area contributed by atoms with Gasteiger partial charge in [0.25, 0.3) is 0 Å². The molecule has 0 saturated carbocycles. The molecule has 0 fully saturated rings. The van der Waals surface area contributed by atoms with Gasteiger partial charge in [0.05, 0.1) is 6.04 Å². The van der Waals surface area contributed by atoms with E-state index in [-0.39, 0.29) is 11.9 Å². The molecule has 0 radical (unpaired) electrons. The minimum Gasteiger partial charge on any atom is -0.361 e. The van der Waals surface area contributed by atoms with E-state index in [0.717, 1.165) is 24.2 Å². The number of aromatic amines is 1. The summed E-state index contributed by atoms with van der Waals surface area (Å²) in [6.45, 7) is 6.11. The predicted molar refractivity (Wildman–Crippen MR) is 89.5 cm³/mol. The van der Waals surface area contributed by atoms with Crippen molar-refractivity contribution in [2.75, 3.05) is 13.1 Å². The maximum Gasteiger partial charge on any atom is 0.123 e. The van der Waals surface area contributed by atoms with Crippen LogP contribution >= 0.6 is 0 Å². The highest BCUT2D eigenvalue weighted by Crippen LogP contribution is 2.33. The van der Waals surface area contributed by atoms with E-state index in [2.05, 4.69) is 42.1 Å². The Balaban J connectivity index is 2.17. The summed E-state index contributed by atoms with van der Waals surface area (Å²) in [5.74, 6) is -0.186. The largest absolute Gasteiger partial charge is 0.361 e. The molecule has 1 heterocycles. The minimum atomic E-state index is -0.186. The third kappa shape index (κ3) is 2.64. The summed E-state index contributed by atoms with van der Waals surface area (Å²) in [5.41, 5.74) is 3.31. The molecule has 0 amide bonds. The number of hydrogen-bond donors (Lipinski definition) is 1. The van der Waals surface area contributed by atoms with Gasteiger partial charge in [-0.2, -0.15) is 0 Å².